The van der Waals surface area contributed by atoms with Crippen molar-refractivity contribution in [3.8, 4) is 11.8 Å². The number of ether oxygens (including phenoxy) is 1. The van der Waals surface area contributed by atoms with Crippen LogP contribution in [0.3, 0.4) is 0 Å². The molecule has 3 rings (SSSR count). The van der Waals surface area contributed by atoms with Crippen LogP contribution in [0, 0.1) is 11.3 Å². The monoisotopic (exact) mass is 461 g/mol. The lowest BCUT2D eigenvalue weighted by atomic mass is 10.1. The third-order valence-electron chi connectivity index (χ3n) is 5.33. The van der Waals surface area contributed by atoms with E-state index in [9.17, 15) is 19.6 Å². The minimum absolute atomic E-state index is 0.0118. The molecule has 2 amide bonds. The molecule has 0 radical (unpaired) electrons. The molecule has 1 aliphatic rings. The summed E-state index contributed by atoms with van der Waals surface area (Å²) in [5, 5.41) is 14.8. The summed E-state index contributed by atoms with van der Waals surface area (Å²) in [6.45, 7) is 2.20. The fraction of sp³-hybridized carbons (Fsp3) is 0.280. The van der Waals surface area contributed by atoms with E-state index in [1.807, 2.05) is 37.3 Å². The summed E-state index contributed by atoms with van der Waals surface area (Å²) in [5.41, 5.74) is 2.34. The summed E-state index contributed by atoms with van der Waals surface area (Å²) in [5.74, 6) is -0.101. The minimum atomic E-state index is -0.450. The van der Waals surface area contributed by atoms with E-state index in [1.165, 1.54) is 0 Å². The number of nitrogens with one attached hydrogen (secondary N) is 2. The molecular formula is C25H27N5O4. The molecule has 0 unspecified atom stereocenters. The molecule has 2 aromatic carbocycles. The van der Waals surface area contributed by atoms with Gasteiger partial charge in [-0.05, 0) is 43.3 Å². The Kier molecular flexibility index (Phi) is 7.88. The fourth-order valence-electron chi connectivity index (χ4n) is 3.68. The van der Waals surface area contributed by atoms with E-state index in [2.05, 4.69) is 10.6 Å². The first-order valence-electron chi connectivity index (χ1n) is 10.9. The lowest BCUT2D eigenvalue weighted by molar-refractivity contribution is -0.125. The van der Waals surface area contributed by atoms with Crippen LogP contribution in [-0.2, 0) is 14.4 Å². The highest BCUT2D eigenvalue weighted by molar-refractivity contribution is 6.04. The second kappa shape index (κ2) is 11.0. The Labute approximate surface area is 198 Å². The molecule has 0 aromatic heterocycles. The molecule has 34 heavy (non-hydrogen) atoms. The van der Waals surface area contributed by atoms with Gasteiger partial charge < -0.3 is 25.2 Å². The van der Waals surface area contributed by atoms with Crippen molar-refractivity contribution in [3.05, 3.63) is 59.9 Å². The zero-order valence-corrected chi connectivity index (χ0v) is 19.4. The fourth-order valence-corrected chi connectivity index (χ4v) is 3.68. The van der Waals surface area contributed by atoms with Gasteiger partial charge in [-0.15, -0.1) is 0 Å². The van der Waals surface area contributed by atoms with Crippen molar-refractivity contribution in [2.24, 2.45) is 0 Å². The average Bonchev–Trinajstić information content (AvgIpc) is 3.09. The van der Waals surface area contributed by atoms with Crippen LogP contribution < -0.4 is 25.2 Å². The Morgan fingerprint density at radius 1 is 0.941 bits per heavy atom. The lowest BCUT2D eigenvalue weighted by Crippen LogP contribution is -2.33. The van der Waals surface area contributed by atoms with Crippen molar-refractivity contribution in [2.45, 2.75) is 19.8 Å². The van der Waals surface area contributed by atoms with Gasteiger partial charge in [-0.1, -0.05) is 12.1 Å². The first-order chi connectivity index (χ1) is 16.3. The highest BCUT2D eigenvalue weighted by Gasteiger charge is 2.31. The zero-order valence-electron chi connectivity index (χ0n) is 19.4. The quantitative estimate of drug-likeness (QED) is 0.436. The Hall–Kier alpha value is -4.32. The van der Waals surface area contributed by atoms with Gasteiger partial charge in [-0.3, -0.25) is 14.4 Å². The van der Waals surface area contributed by atoms with Gasteiger partial charge in [-0.25, -0.2) is 0 Å². The number of nitriles is 1. The Morgan fingerprint density at radius 2 is 1.56 bits per heavy atom. The maximum absolute atomic E-state index is 12.8. The van der Waals surface area contributed by atoms with Crippen molar-refractivity contribution >= 4 is 34.7 Å². The van der Waals surface area contributed by atoms with Crippen LogP contribution in [0.4, 0.5) is 17.1 Å². The third kappa shape index (κ3) is 5.53. The number of hydrogen-bond acceptors (Lipinski definition) is 7. The minimum Gasteiger partial charge on any atom is -0.494 e. The Balaban J connectivity index is 1.51. The van der Waals surface area contributed by atoms with Gasteiger partial charge in [0.1, 0.15) is 23.2 Å². The molecule has 0 atom stereocenters. The zero-order chi connectivity index (χ0) is 24.7. The second-order valence-corrected chi connectivity index (χ2v) is 7.62. The molecule has 0 spiro atoms. The topological polar surface area (TPSA) is 115 Å². The Morgan fingerprint density at radius 3 is 2.12 bits per heavy atom. The molecule has 0 fully saturated rings. The van der Waals surface area contributed by atoms with Crippen molar-refractivity contribution in [1.29, 1.82) is 5.26 Å². The van der Waals surface area contributed by atoms with Gasteiger partial charge in [0.15, 0.2) is 5.78 Å². The molecule has 0 aliphatic carbocycles. The molecule has 0 saturated carbocycles. The van der Waals surface area contributed by atoms with Gasteiger partial charge in [0.05, 0.1) is 24.5 Å². The molecule has 2 aromatic rings. The smallest absolute Gasteiger partial charge is 0.243 e. The number of benzene rings is 2. The second-order valence-electron chi connectivity index (χ2n) is 7.62. The highest BCUT2D eigenvalue weighted by atomic mass is 16.5. The standard InChI is InChI=1S/C25H27N5O4/c1-4-34-18-11-9-17(10-12-18)28-24(33)16-27-23(32)14-13-22(31)19(15-26)25-29(2)20-7-5-6-8-21(20)30(25)3/h5-12H,4,13-14,16H2,1-3H3,(H,27,32)(H,28,33). The van der Waals surface area contributed by atoms with E-state index in [1.54, 1.807) is 48.2 Å². The van der Waals surface area contributed by atoms with Gasteiger partial charge >= 0.3 is 0 Å². The van der Waals surface area contributed by atoms with E-state index in [0.29, 0.717) is 23.9 Å². The van der Waals surface area contributed by atoms with E-state index in [0.717, 1.165) is 11.4 Å². The van der Waals surface area contributed by atoms with Gasteiger partial charge in [0.25, 0.3) is 0 Å². The summed E-state index contributed by atoms with van der Waals surface area (Å²) < 4.78 is 5.35. The number of ketones is 1. The molecule has 176 valence electrons. The molecule has 9 nitrogen and oxygen atoms in total. The number of carbonyl (C=O) groups is 3. The van der Waals surface area contributed by atoms with Gasteiger partial charge in [0.2, 0.25) is 11.8 Å². The molecule has 1 heterocycles. The largest absolute Gasteiger partial charge is 0.494 e. The van der Waals surface area contributed by atoms with Gasteiger partial charge in [0, 0.05) is 32.6 Å². The van der Waals surface area contributed by atoms with Crippen molar-refractivity contribution in [2.75, 3.05) is 42.4 Å². The Bertz CT molecular complexity index is 1120. The predicted molar refractivity (Wildman–Crippen MR) is 129 cm³/mol. The first-order valence-corrected chi connectivity index (χ1v) is 10.9. The number of hydrogen-bond donors (Lipinski definition) is 2. The average molecular weight is 462 g/mol. The maximum atomic E-state index is 12.8. The van der Waals surface area contributed by atoms with Crippen LogP contribution in [0.1, 0.15) is 19.8 Å². The van der Waals surface area contributed by atoms with Crippen LogP contribution in [-0.4, -0.2) is 44.8 Å². The number of carbonyl (C=O) groups excluding carboxylic acids is 3. The third-order valence-corrected chi connectivity index (χ3v) is 5.33. The summed E-state index contributed by atoms with van der Waals surface area (Å²) in [6, 6.07) is 16.5. The van der Waals surface area contributed by atoms with Crippen molar-refractivity contribution in [3.63, 3.8) is 0 Å². The van der Waals surface area contributed by atoms with Crippen LogP contribution in [0.25, 0.3) is 0 Å². The molecule has 0 bridgehead atoms. The molecule has 9 heteroatoms. The van der Waals surface area contributed by atoms with Gasteiger partial charge in [-0.2, -0.15) is 5.26 Å². The van der Waals surface area contributed by atoms with E-state index >= 15 is 0 Å². The lowest BCUT2D eigenvalue weighted by Gasteiger charge is -2.19. The molecular weight excluding hydrogens is 434 g/mol. The van der Waals surface area contributed by atoms with Crippen molar-refractivity contribution in [1.82, 2.24) is 5.32 Å². The van der Waals surface area contributed by atoms with Crippen LogP contribution in [0.15, 0.2) is 59.9 Å². The first kappa shape index (κ1) is 24.3. The number of Topliss-reactive ketones (excluding diaryl/α,β-unsaturated/α-hetero) is 1. The van der Waals surface area contributed by atoms with Crippen molar-refractivity contribution < 1.29 is 19.1 Å². The normalized spacial score (nSPS) is 12.0. The number of rotatable bonds is 9. The predicted octanol–water partition coefficient (Wildman–Crippen LogP) is 2.81. The molecule has 2 N–H and O–H groups in total. The maximum Gasteiger partial charge on any atom is 0.243 e. The summed E-state index contributed by atoms with van der Waals surface area (Å²) in [7, 11) is 3.58. The van der Waals surface area contributed by atoms with E-state index in [-0.39, 0.29) is 25.0 Å². The summed E-state index contributed by atoms with van der Waals surface area (Å²) in [6.07, 6.45) is -0.273. The number of amides is 2. The van der Waals surface area contributed by atoms with Crippen LogP contribution >= 0.6 is 0 Å². The highest BCUT2D eigenvalue weighted by Crippen LogP contribution is 2.40. The number of para-hydroxylation sites is 2. The van der Waals surface area contributed by atoms with Crippen LogP contribution in [0.5, 0.6) is 5.75 Å². The van der Waals surface area contributed by atoms with E-state index in [4.69, 9.17) is 4.74 Å². The number of anilines is 3. The number of fused-ring (bicyclic) bond motifs is 1. The number of allylic oxidation sites excluding steroid dienone is 1. The van der Waals surface area contributed by atoms with E-state index < -0.39 is 17.6 Å². The molecule has 1 aliphatic heterocycles. The number of nitrogens with zero attached hydrogens (tertiary/aromatic N) is 3. The SMILES string of the molecule is CCOc1ccc(NC(=O)CNC(=O)CCC(=O)C(C#N)=C2N(C)c3ccccc3N2C)cc1. The molecule has 0 saturated heterocycles. The van der Waals surface area contributed by atoms with Crippen LogP contribution in [0.2, 0.25) is 0 Å². The summed E-state index contributed by atoms with van der Waals surface area (Å²) in [4.78, 5) is 40.6. The summed E-state index contributed by atoms with van der Waals surface area (Å²) >= 11 is 0.